The summed E-state index contributed by atoms with van der Waals surface area (Å²) in [5, 5.41) is 19.7. The Morgan fingerprint density at radius 1 is 1.16 bits per heavy atom. The van der Waals surface area contributed by atoms with Crippen molar-refractivity contribution in [3.05, 3.63) is 48.0 Å². The third kappa shape index (κ3) is 6.56. The molecule has 37 heavy (non-hydrogen) atoms. The summed E-state index contributed by atoms with van der Waals surface area (Å²) in [6.07, 6.45) is 6.66. The second-order valence-corrected chi connectivity index (χ2v) is 9.63. The first-order valence-corrected chi connectivity index (χ1v) is 13.0. The molecule has 0 radical (unpaired) electrons. The molecule has 10 nitrogen and oxygen atoms in total. The van der Waals surface area contributed by atoms with Gasteiger partial charge in [0.2, 0.25) is 12.7 Å². The summed E-state index contributed by atoms with van der Waals surface area (Å²) in [6, 6.07) is 7.07. The summed E-state index contributed by atoms with van der Waals surface area (Å²) in [5.41, 5.74) is 1.70. The Labute approximate surface area is 217 Å². The Kier molecular flexibility index (Phi) is 9.29. The number of likely N-dealkylation sites (tertiary alicyclic amines) is 1. The van der Waals surface area contributed by atoms with Crippen LogP contribution in [-0.4, -0.2) is 87.5 Å². The first-order chi connectivity index (χ1) is 18.0. The average Bonchev–Trinajstić information content (AvgIpc) is 3.52. The number of nitrogens with zero attached hydrogens (tertiary/aromatic N) is 4. The minimum absolute atomic E-state index is 0.0223. The van der Waals surface area contributed by atoms with Crippen LogP contribution >= 0.6 is 0 Å². The molecule has 4 rings (SSSR count). The molecule has 0 spiro atoms. The summed E-state index contributed by atoms with van der Waals surface area (Å²) >= 11 is 0. The van der Waals surface area contributed by atoms with Crippen molar-refractivity contribution >= 4 is 11.9 Å². The molecule has 200 valence electrons. The predicted molar refractivity (Wildman–Crippen MR) is 135 cm³/mol. The summed E-state index contributed by atoms with van der Waals surface area (Å²) in [4.78, 5) is 38.1. The van der Waals surface area contributed by atoms with Gasteiger partial charge in [-0.25, -0.2) is 9.97 Å². The SMILES string of the molecule is CCCCN(CCCO)C(=O)CN1C[C@H](c2ccc3c(c2)OCO3)C(C(=O)O)[C@@H]1CCc1ccncn1. The number of fused-ring (bicyclic) bond motifs is 1. The van der Waals surface area contributed by atoms with Gasteiger partial charge >= 0.3 is 5.97 Å². The van der Waals surface area contributed by atoms with Gasteiger partial charge in [-0.2, -0.15) is 0 Å². The number of carboxylic acids is 1. The van der Waals surface area contributed by atoms with Gasteiger partial charge in [-0.1, -0.05) is 19.4 Å². The molecule has 2 aliphatic heterocycles. The van der Waals surface area contributed by atoms with Crippen LogP contribution in [0, 0.1) is 5.92 Å². The van der Waals surface area contributed by atoms with Crippen LogP contribution in [0.3, 0.4) is 0 Å². The molecule has 1 unspecified atom stereocenters. The Balaban J connectivity index is 1.59. The molecule has 1 saturated heterocycles. The maximum atomic E-state index is 13.4. The van der Waals surface area contributed by atoms with Gasteiger partial charge in [0.25, 0.3) is 0 Å². The molecule has 10 heteroatoms. The number of hydrogen-bond donors (Lipinski definition) is 2. The first-order valence-electron chi connectivity index (χ1n) is 13.0. The summed E-state index contributed by atoms with van der Waals surface area (Å²) in [7, 11) is 0. The van der Waals surface area contributed by atoms with E-state index in [2.05, 4.69) is 16.9 Å². The normalized spacial score (nSPS) is 20.8. The van der Waals surface area contributed by atoms with Crippen LogP contribution in [0.2, 0.25) is 0 Å². The highest BCUT2D eigenvalue weighted by atomic mass is 16.7. The van der Waals surface area contributed by atoms with E-state index in [0.717, 1.165) is 24.1 Å². The monoisotopic (exact) mass is 512 g/mol. The van der Waals surface area contributed by atoms with Crippen molar-refractivity contribution in [1.82, 2.24) is 19.8 Å². The number of unbranched alkanes of at least 4 members (excludes halogenated alkanes) is 1. The standard InChI is InChI=1S/C27H36N4O6/c1-2-3-11-30(12-4-13-32)25(33)16-31-15-21(19-5-8-23-24(14-19)37-18-36-23)26(27(34)35)22(31)7-6-20-9-10-28-17-29-20/h5,8-10,14,17,21-22,26,32H,2-4,6-7,11-13,15-16,18H2,1H3,(H,34,35)/t21-,22+,26?/m1/s1. The van der Waals surface area contributed by atoms with Gasteiger partial charge in [-0.15, -0.1) is 0 Å². The maximum absolute atomic E-state index is 13.4. The number of ether oxygens (including phenoxy) is 2. The smallest absolute Gasteiger partial charge is 0.308 e. The van der Waals surface area contributed by atoms with Gasteiger partial charge in [-0.3, -0.25) is 14.5 Å². The zero-order chi connectivity index (χ0) is 26.2. The van der Waals surface area contributed by atoms with E-state index in [1.807, 2.05) is 29.2 Å². The second kappa shape index (κ2) is 12.8. The highest BCUT2D eigenvalue weighted by molar-refractivity contribution is 5.79. The quantitative estimate of drug-likeness (QED) is 0.416. The number of amides is 1. The Morgan fingerprint density at radius 3 is 2.70 bits per heavy atom. The zero-order valence-electron chi connectivity index (χ0n) is 21.3. The molecule has 0 saturated carbocycles. The third-order valence-electron chi connectivity index (χ3n) is 7.26. The van der Waals surface area contributed by atoms with Gasteiger partial charge < -0.3 is 24.6 Å². The number of aromatic nitrogens is 2. The fraction of sp³-hybridized carbons (Fsp3) is 0.556. The lowest BCUT2D eigenvalue weighted by Gasteiger charge is -2.29. The molecule has 2 N–H and O–H groups in total. The van der Waals surface area contributed by atoms with E-state index in [4.69, 9.17) is 9.47 Å². The van der Waals surface area contributed by atoms with Crippen LogP contribution < -0.4 is 9.47 Å². The number of aliphatic hydroxyl groups excluding tert-OH is 1. The largest absolute Gasteiger partial charge is 0.481 e. The summed E-state index contributed by atoms with van der Waals surface area (Å²) < 4.78 is 11.0. The molecule has 1 aromatic heterocycles. The Hall–Kier alpha value is -3.24. The van der Waals surface area contributed by atoms with E-state index in [0.29, 0.717) is 50.4 Å². The predicted octanol–water partition coefficient (Wildman–Crippen LogP) is 2.32. The third-order valence-corrected chi connectivity index (χ3v) is 7.26. The fourth-order valence-corrected chi connectivity index (χ4v) is 5.34. The van der Waals surface area contributed by atoms with Gasteiger partial charge in [0, 0.05) is 50.1 Å². The van der Waals surface area contributed by atoms with Crippen LogP contribution in [0.15, 0.2) is 36.8 Å². The molecule has 0 bridgehead atoms. The average molecular weight is 513 g/mol. The van der Waals surface area contributed by atoms with Crippen molar-refractivity contribution in [3.8, 4) is 11.5 Å². The molecular formula is C27H36N4O6. The minimum Gasteiger partial charge on any atom is -0.481 e. The number of aryl methyl sites for hydroxylation is 1. The fourth-order valence-electron chi connectivity index (χ4n) is 5.34. The van der Waals surface area contributed by atoms with E-state index in [9.17, 15) is 19.8 Å². The van der Waals surface area contributed by atoms with Crippen molar-refractivity contribution in [2.75, 3.05) is 39.6 Å². The van der Waals surface area contributed by atoms with Gasteiger partial charge in [0.05, 0.1) is 12.5 Å². The van der Waals surface area contributed by atoms with Crippen molar-refractivity contribution in [3.63, 3.8) is 0 Å². The van der Waals surface area contributed by atoms with Crippen molar-refractivity contribution in [2.45, 2.75) is 51.0 Å². The number of carboxylic acid groups (broad SMARTS) is 1. The highest BCUT2D eigenvalue weighted by Crippen LogP contribution is 2.43. The van der Waals surface area contributed by atoms with E-state index in [-0.39, 0.29) is 37.8 Å². The Morgan fingerprint density at radius 2 is 1.97 bits per heavy atom. The molecule has 0 aliphatic carbocycles. The molecule has 1 amide bonds. The molecule has 2 aromatic rings. The van der Waals surface area contributed by atoms with E-state index in [1.54, 1.807) is 11.1 Å². The molecular weight excluding hydrogens is 476 g/mol. The van der Waals surface area contributed by atoms with E-state index in [1.165, 1.54) is 6.33 Å². The van der Waals surface area contributed by atoms with Crippen LogP contribution in [0.4, 0.5) is 0 Å². The number of aliphatic hydroxyl groups is 1. The number of benzene rings is 1. The van der Waals surface area contributed by atoms with Crippen LogP contribution in [0.25, 0.3) is 0 Å². The molecule has 1 aromatic carbocycles. The summed E-state index contributed by atoms with van der Waals surface area (Å²) in [5.74, 6) is -0.661. The highest BCUT2D eigenvalue weighted by Gasteiger charge is 2.47. The van der Waals surface area contributed by atoms with Gasteiger partial charge in [-0.05, 0) is 49.4 Å². The minimum atomic E-state index is -0.881. The van der Waals surface area contributed by atoms with Crippen LogP contribution in [-0.2, 0) is 16.0 Å². The Bertz CT molecular complexity index is 1040. The van der Waals surface area contributed by atoms with Crippen LogP contribution in [0.1, 0.15) is 49.8 Å². The van der Waals surface area contributed by atoms with Crippen molar-refractivity contribution < 1.29 is 29.3 Å². The second-order valence-electron chi connectivity index (χ2n) is 9.63. The van der Waals surface area contributed by atoms with Crippen LogP contribution in [0.5, 0.6) is 11.5 Å². The number of carbonyl (C=O) groups is 2. The number of hydrogen-bond acceptors (Lipinski definition) is 8. The lowest BCUT2D eigenvalue weighted by molar-refractivity contribution is -0.143. The van der Waals surface area contributed by atoms with Crippen molar-refractivity contribution in [1.29, 1.82) is 0 Å². The van der Waals surface area contributed by atoms with Gasteiger partial charge in [0.15, 0.2) is 11.5 Å². The number of carbonyl (C=O) groups excluding carboxylic acids is 1. The van der Waals surface area contributed by atoms with Gasteiger partial charge in [0.1, 0.15) is 6.33 Å². The molecule has 1 fully saturated rings. The number of aliphatic carboxylic acids is 1. The van der Waals surface area contributed by atoms with E-state index < -0.39 is 11.9 Å². The van der Waals surface area contributed by atoms with Crippen molar-refractivity contribution in [2.24, 2.45) is 5.92 Å². The zero-order valence-corrected chi connectivity index (χ0v) is 21.3. The molecule has 3 heterocycles. The molecule has 3 atom stereocenters. The maximum Gasteiger partial charge on any atom is 0.308 e. The lowest BCUT2D eigenvalue weighted by Crippen LogP contribution is -2.45. The first kappa shape index (κ1) is 26.8. The topological polar surface area (TPSA) is 125 Å². The number of rotatable bonds is 13. The lowest BCUT2D eigenvalue weighted by atomic mass is 9.83. The summed E-state index contributed by atoms with van der Waals surface area (Å²) in [6.45, 7) is 3.94. The molecule has 2 aliphatic rings. The van der Waals surface area contributed by atoms with E-state index >= 15 is 0 Å².